The molecule has 1 aromatic carbocycles. The maximum absolute atomic E-state index is 12.1. The summed E-state index contributed by atoms with van der Waals surface area (Å²) in [4.78, 5) is 17.5. The van der Waals surface area contributed by atoms with E-state index in [9.17, 15) is 4.79 Å². The average Bonchev–Trinajstić information content (AvgIpc) is 2.48. The topological polar surface area (TPSA) is 32.8 Å². The molecular formula is C15H22N2O2S. The van der Waals surface area contributed by atoms with E-state index in [1.165, 1.54) is 4.90 Å². The van der Waals surface area contributed by atoms with E-state index in [1.54, 1.807) is 18.9 Å². The van der Waals surface area contributed by atoms with E-state index in [2.05, 4.69) is 11.9 Å². The number of carbonyl (C=O) groups is 1. The summed E-state index contributed by atoms with van der Waals surface area (Å²) in [6.07, 6.45) is 0.612. The Balaban J connectivity index is 1.70. The number of likely N-dealkylation sites (N-methyl/N-ethyl adjacent to an activating group) is 1. The summed E-state index contributed by atoms with van der Waals surface area (Å²) >= 11 is 1.72. The quantitative estimate of drug-likeness (QED) is 0.777. The van der Waals surface area contributed by atoms with Gasteiger partial charge in [-0.15, -0.1) is 11.8 Å². The summed E-state index contributed by atoms with van der Waals surface area (Å²) < 4.78 is 5.13. The molecule has 1 heterocycles. The minimum atomic E-state index is 0.277. The molecule has 1 saturated heterocycles. The summed E-state index contributed by atoms with van der Waals surface area (Å²) in [6.45, 7) is 3.69. The maximum Gasteiger partial charge on any atom is 0.223 e. The Labute approximate surface area is 125 Å². The van der Waals surface area contributed by atoms with E-state index in [-0.39, 0.29) is 5.91 Å². The second-order valence-corrected chi connectivity index (χ2v) is 6.13. The summed E-state index contributed by atoms with van der Waals surface area (Å²) in [7, 11) is 3.76. The molecule has 110 valence electrons. The van der Waals surface area contributed by atoms with Crippen LogP contribution in [0.15, 0.2) is 29.2 Å². The van der Waals surface area contributed by atoms with Gasteiger partial charge >= 0.3 is 0 Å². The predicted molar refractivity (Wildman–Crippen MR) is 82.4 cm³/mol. The van der Waals surface area contributed by atoms with Gasteiger partial charge in [0.2, 0.25) is 5.91 Å². The first-order valence-electron chi connectivity index (χ1n) is 6.92. The monoisotopic (exact) mass is 294 g/mol. The highest BCUT2D eigenvalue weighted by molar-refractivity contribution is 7.99. The van der Waals surface area contributed by atoms with E-state index in [0.29, 0.717) is 6.42 Å². The molecule has 0 N–H and O–H groups in total. The standard InChI is InChI=1S/C15H22N2O2S/c1-16-8-10-17(11-9-16)15(18)7-12-20-14-5-3-13(19-2)4-6-14/h3-6H,7-12H2,1-2H3. The molecule has 1 fully saturated rings. The van der Waals surface area contributed by atoms with Crippen LogP contribution in [0, 0.1) is 0 Å². The molecule has 1 aromatic rings. The maximum atomic E-state index is 12.1. The van der Waals surface area contributed by atoms with Crippen molar-refractivity contribution < 1.29 is 9.53 Å². The van der Waals surface area contributed by atoms with Crippen LogP contribution in [0.4, 0.5) is 0 Å². The second-order valence-electron chi connectivity index (χ2n) is 4.96. The van der Waals surface area contributed by atoms with Crippen molar-refractivity contribution in [2.45, 2.75) is 11.3 Å². The molecule has 0 aliphatic carbocycles. The summed E-state index contributed by atoms with van der Waals surface area (Å²) in [5.41, 5.74) is 0. The average molecular weight is 294 g/mol. The van der Waals surface area contributed by atoms with Crippen molar-refractivity contribution in [2.24, 2.45) is 0 Å². The number of methoxy groups -OCH3 is 1. The summed E-state index contributed by atoms with van der Waals surface area (Å²) in [6, 6.07) is 7.96. The molecular weight excluding hydrogens is 272 g/mol. The van der Waals surface area contributed by atoms with E-state index in [1.807, 2.05) is 29.2 Å². The molecule has 2 rings (SSSR count). The Kier molecular flexibility index (Phi) is 5.73. The van der Waals surface area contributed by atoms with Crippen molar-refractivity contribution in [3.63, 3.8) is 0 Å². The fourth-order valence-electron chi connectivity index (χ4n) is 2.14. The smallest absolute Gasteiger partial charge is 0.223 e. The molecule has 0 saturated carbocycles. The minimum absolute atomic E-state index is 0.277. The van der Waals surface area contributed by atoms with Crippen molar-refractivity contribution >= 4 is 17.7 Å². The van der Waals surface area contributed by atoms with Gasteiger partial charge in [0.05, 0.1) is 7.11 Å². The molecule has 20 heavy (non-hydrogen) atoms. The van der Waals surface area contributed by atoms with Crippen LogP contribution < -0.4 is 4.74 Å². The lowest BCUT2D eigenvalue weighted by atomic mass is 10.3. The van der Waals surface area contributed by atoms with Crippen molar-refractivity contribution in [2.75, 3.05) is 46.1 Å². The molecule has 0 aromatic heterocycles. The van der Waals surface area contributed by atoms with Crippen LogP contribution in [-0.4, -0.2) is 61.8 Å². The lowest BCUT2D eigenvalue weighted by Crippen LogP contribution is -2.47. The molecule has 0 radical (unpaired) electrons. The number of carbonyl (C=O) groups excluding carboxylic acids is 1. The third-order valence-corrected chi connectivity index (χ3v) is 4.51. The molecule has 4 nitrogen and oxygen atoms in total. The van der Waals surface area contributed by atoms with Gasteiger partial charge < -0.3 is 14.5 Å². The van der Waals surface area contributed by atoms with Gasteiger partial charge in [0, 0.05) is 43.2 Å². The number of rotatable bonds is 5. The highest BCUT2D eigenvalue weighted by Crippen LogP contribution is 2.22. The molecule has 0 unspecified atom stereocenters. The van der Waals surface area contributed by atoms with Gasteiger partial charge in [-0.2, -0.15) is 0 Å². The number of piperazine rings is 1. The van der Waals surface area contributed by atoms with Gasteiger partial charge in [0.15, 0.2) is 0 Å². The van der Waals surface area contributed by atoms with Gasteiger partial charge in [-0.3, -0.25) is 4.79 Å². The molecule has 0 spiro atoms. The third-order valence-electron chi connectivity index (χ3n) is 3.50. The highest BCUT2D eigenvalue weighted by Gasteiger charge is 2.18. The van der Waals surface area contributed by atoms with Crippen LogP contribution in [0.1, 0.15) is 6.42 Å². The van der Waals surface area contributed by atoms with Crippen LogP contribution in [-0.2, 0) is 4.79 Å². The minimum Gasteiger partial charge on any atom is -0.497 e. The predicted octanol–water partition coefficient (Wildman–Crippen LogP) is 1.95. The lowest BCUT2D eigenvalue weighted by Gasteiger charge is -2.32. The van der Waals surface area contributed by atoms with Crippen LogP contribution in [0.5, 0.6) is 5.75 Å². The van der Waals surface area contributed by atoms with Crippen LogP contribution in [0.2, 0.25) is 0 Å². The number of nitrogens with zero attached hydrogens (tertiary/aromatic N) is 2. The Morgan fingerprint density at radius 1 is 1.20 bits per heavy atom. The van der Waals surface area contributed by atoms with E-state index in [4.69, 9.17) is 4.74 Å². The molecule has 5 heteroatoms. The Morgan fingerprint density at radius 2 is 1.85 bits per heavy atom. The van der Waals surface area contributed by atoms with Crippen LogP contribution >= 0.6 is 11.8 Å². The van der Waals surface area contributed by atoms with Crippen molar-refractivity contribution in [3.8, 4) is 5.75 Å². The number of amides is 1. The Bertz CT molecular complexity index is 428. The molecule has 0 bridgehead atoms. The number of ether oxygens (including phenoxy) is 1. The van der Waals surface area contributed by atoms with Crippen molar-refractivity contribution in [1.82, 2.24) is 9.80 Å². The lowest BCUT2D eigenvalue weighted by molar-refractivity contribution is -0.132. The number of hydrogen-bond acceptors (Lipinski definition) is 4. The van der Waals surface area contributed by atoms with Crippen LogP contribution in [0.25, 0.3) is 0 Å². The van der Waals surface area contributed by atoms with Gasteiger partial charge in [-0.05, 0) is 31.3 Å². The number of hydrogen-bond donors (Lipinski definition) is 0. The fraction of sp³-hybridized carbons (Fsp3) is 0.533. The summed E-state index contributed by atoms with van der Waals surface area (Å²) in [5.74, 6) is 1.97. The molecule has 0 atom stereocenters. The number of benzene rings is 1. The van der Waals surface area contributed by atoms with E-state index in [0.717, 1.165) is 37.7 Å². The number of thioether (sulfide) groups is 1. The van der Waals surface area contributed by atoms with Gasteiger partial charge in [0.1, 0.15) is 5.75 Å². The van der Waals surface area contributed by atoms with Crippen molar-refractivity contribution in [1.29, 1.82) is 0 Å². The second kappa shape index (κ2) is 7.55. The SMILES string of the molecule is COc1ccc(SCCC(=O)N2CCN(C)CC2)cc1. The normalized spacial score (nSPS) is 16.2. The third kappa shape index (κ3) is 4.42. The van der Waals surface area contributed by atoms with Gasteiger partial charge in [0.25, 0.3) is 0 Å². The highest BCUT2D eigenvalue weighted by atomic mass is 32.2. The zero-order valence-corrected chi connectivity index (χ0v) is 13.0. The van der Waals surface area contributed by atoms with Crippen LogP contribution in [0.3, 0.4) is 0 Å². The molecule has 1 aliphatic rings. The first kappa shape index (κ1) is 15.2. The zero-order chi connectivity index (χ0) is 14.4. The van der Waals surface area contributed by atoms with Crippen molar-refractivity contribution in [3.05, 3.63) is 24.3 Å². The fourth-order valence-corrected chi connectivity index (χ4v) is 2.98. The molecule has 1 aliphatic heterocycles. The largest absolute Gasteiger partial charge is 0.497 e. The Hall–Kier alpha value is -1.20. The first-order chi connectivity index (χ1) is 9.69. The first-order valence-corrected chi connectivity index (χ1v) is 7.91. The molecule has 1 amide bonds. The van der Waals surface area contributed by atoms with E-state index >= 15 is 0 Å². The zero-order valence-electron chi connectivity index (χ0n) is 12.2. The summed E-state index contributed by atoms with van der Waals surface area (Å²) in [5, 5.41) is 0. The Morgan fingerprint density at radius 3 is 2.45 bits per heavy atom. The van der Waals surface area contributed by atoms with Gasteiger partial charge in [-0.1, -0.05) is 0 Å². The van der Waals surface area contributed by atoms with Gasteiger partial charge in [-0.25, -0.2) is 0 Å². The van der Waals surface area contributed by atoms with E-state index < -0.39 is 0 Å².